The van der Waals surface area contributed by atoms with Gasteiger partial charge in [-0.2, -0.15) is 0 Å². The second-order valence-corrected chi connectivity index (χ2v) is 5.30. The van der Waals surface area contributed by atoms with Crippen LogP contribution < -0.4 is 10.2 Å². The van der Waals surface area contributed by atoms with Crippen LogP contribution in [-0.4, -0.2) is 31.2 Å². The van der Waals surface area contributed by atoms with Crippen LogP contribution in [0.25, 0.3) is 0 Å². The van der Waals surface area contributed by atoms with Gasteiger partial charge in [0.2, 0.25) is 5.91 Å². The quantitative estimate of drug-likeness (QED) is 0.818. The number of carbonyl (C=O) groups is 2. The molecule has 0 spiro atoms. The zero-order valence-corrected chi connectivity index (χ0v) is 12.3. The number of amides is 2. The van der Waals surface area contributed by atoms with E-state index in [1.807, 2.05) is 22.6 Å². The average Bonchev–Trinajstić information content (AvgIpc) is 2.71. The van der Waals surface area contributed by atoms with Gasteiger partial charge in [-0.05, 0) is 40.8 Å². The van der Waals surface area contributed by atoms with Crippen molar-refractivity contribution < 1.29 is 18.7 Å². The predicted molar refractivity (Wildman–Crippen MR) is 75.4 cm³/mol. The first kappa shape index (κ1) is 14.0. The van der Waals surface area contributed by atoms with E-state index in [1.165, 1.54) is 17.9 Å². The zero-order chi connectivity index (χ0) is 14.0. The highest BCUT2D eigenvalue weighted by Crippen LogP contribution is 2.25. The normalized spacial score (nSPS) is 18.4. The first-order valence-electron chi connectivity index (χ1n) is 5.64. The Morgan fingerprint density at radius 2 is 2.37 bits per heavy atom. The summed E-state index contributed by atoms with van der Waals surface area (Å²) in [5.41, 5.74) is 0.427. The lowest BCUT2D eigenvalue weighted by molar-refractivity contribution is -0.119. The molecule has 7 heteroatoms. The molecule has 1 fully saturated rings. The number of carbonyl (C=O) groups excluding carboxylic acids is 2. The van der Waals surface area contributed by atoms with E-state index in [-0.39, 0.29) is 25.1 Å². The van der Waals surface area contributed by atoms with Crippen LogP contribution >= 0.6 is 22.6 Å². The third kappa shape index (κ3) is 3.14. The monoisotopic (exact) mass is 378 g/mol. The molecule has 0 saturated carbocycles. The molecule has 5 nitrogen and oxygen atoms in total. The molecule has 102 valence electrons. The largest absolute Gasteiger partial charge is 0.447 e. The summed E-state index contributed by atoms with van der Waals surface area (Å²) in [6.07, 6.45) is -0.532. The number of anilines is 1. The second-order valence-electron chi connectivity index (χ2n) is 4.14. The number of benzene rings is 1. The first-order chi connectivity index (χ1) is 8.99. The van der Waals surface area contributed by atoms with Crippen molar-refractivity contribution >= 4 is 40.3 Å². The minimum atomic E-state index is -0.532. The summed E-state index contributed by atoms with van der Waals surface area (Å²) in [6.45, 7) is 1.84. The van der Waals surface area contributed by atoms with Crippen LogP contribution in [0.1, 0.15) is 6.92 Å². The van der Waals surface area contributed by atoms with Gasteiger partial charge in [0.1, 0.15) is 12.4 Å². The maximum Gasteiger partial charge on any atom is 0.414 e. The molecule has 0 bridgehead atoms. The van der Waals surface area contributed by atoms with Crippen LogP contribution in [0.2, 0.25) is 0 Å². The van der Waals surface area contributed by atoms with Crippen molar-refractivity contribution in [2.75, 3.05) is 18.1 Å². The van der Waals surface area contributed by atoms with E-state index in [1.54, 1.807) is 12.1 Å². The summed E-state index contributed by atoms with van der Waals surface area (Å²) < 4.78 is 19.0. The van der Waals surface area contributed by atoms with Crippen molar-refractivity contribution in [3.05, 3.63) is 27.6 Å². The summed E-state index contributed by atoms with van der Waals surface area (Å²) in [6, 6.07) is 4.20. The number of halogens is 2. The van der Waals surface area contributed by atoms with E-state index < -0.39 is 11.9 Å². The van der Waals surface area contributed by atoms with E-state index in [9.17, 15) is 14.0 Å². The van der Waals surface area contributed by atoms with Gasteiger partial charge in [-0.25, -0.2) is 9.18 Å². The maximum absolute atomic E-state index is 13.5. The molecule has 2 rings (SSSR count). The summed E-state index contributed by atoms with van der Waals surface area (Å²) in [5, 5.41) is 2.63. The Morgan fingerprint density at radius 3 is 3.00 bits per heavy atom. The SMILES string of the molecule is CC(=O)NCC1COC(=O)N1c1ccc(I)c(F)c1. The Bertz CT molecular complexity index is 524. The van der Waals surface area contributed by atoms with Crippen LogP contribution in [0, 0.1) is 9.39 Å². The van der Waals surface area contributed by atoms with E-state index in [0.29, 0.717) is 9.26 Å². The molecule has 1 aliphatic rings. The predicted octanol–water partition coefficient (Wildman–Crippen LogP) is 1.89. The van der Waals surface area contributed by atoms with Crippen molar-refractivity contribution in [1.82, 2.24) is 5.32 Å². The van der Waals surface area contributed by atoms with Crippen molar-refractivity contribution in [1.29, 1.82) is 0 Å². The number of nitrogens with zero attached hydrogens (tertiary/aromatic N) is 1. The lowest BCUT2D eigenvalue weighted by Crippen LogP contribution is -2.42. The number of rotatable bonds is 3. The highest BCUT2D eigenvalue weighted by molar-refractivity contribution is 14.1. The molecule has 1 aromatic carbocycles. The molecule has 1 saturated heterocycles. The highest BCUT2D eigenvalue weighted by atomic mass is 127. The van der Waals surface area contributed by atoms with E-state index in [4.69, 9.17) is 4.74 Å². The van der Waals surface area contributed by atoms with Gasteiger partial charge in [0, 0.05) is 17.0 Å². The highest BCUT2D eigenvalue weighted by Gasteiger charge is 2.34. The Balaban J connectivity index is 2.20. The van der Waals surface area contributed by atoms with Crippen molar-refractivity contribution in [2.45, 2.75) is 13.0 Å². The molecule has 2 amide bonds. The molecule has 1 unspecified atom stereocenters. The molecule has 0 aromatic heterocycles. The maximum atomic E-state index is 13.5. The Morgan fingerprint density at radius 1 is 1.63 bits per heavy atom. The number of cyclic esters (lactones) is 1. The van der Waals surface area contributed by atoms with Crippen LogP contribution in [0.3, 0.4) is 0 Å². The fourth-order valence-electron chi connectivity index (χ4n) is 1.82. The van der Waals surface area contributed by atoms with Gasteiger partial charge < -0.3 is 10.1 Å². The third-order valence-corrected chi connectivity index (χ3v) is 3.60. The summed E-state index contributed by atoms with van der Waals surface area (Å²) >= 11 is 1.87. The molecular formula is C12H12FIN2O3. The van der Waals surface area contributed by atoms with Gasteiger partial charge in [0.05, 0.1) is 11.7 Å². The van der Waals surface area contributed by atoms with Crippen LogP contribution in [-0.2, 0) is 9.53 Å². The molecule has 1 aromatic rings. The molecule has 1 atom stereocenters. The fourth-order valence-corrected chi connectivity index (χ4v) is 2.16. The second kappa shape index (κ2) is 5.72. The summed E-state index contributed by atoms with van der Waals surface area (Å²) in [4.78, 5) is 24.0. The molecule has 1 N–H and O–H groups in total. The fraction of sp³-hybridized carbons (Fsp3) is 0.333. The summed E-state index contributed by atoms with van der Waals surface area (Å²) in [7, 11) is 0. The van der Waals surface area contributed by atoms with Crippen molar-refractivity contribution in [2.24, 2.45) is 0 Å². The average molecular weight is 378 g/mol. The van der Waals surface area contributed by atoms with Crippen LogP contribution in [0.5, 0.6) is 0 Å². The number of nitrogens with one attached hydrogen (secondary N) is 1. The van der Waals surface area contributed by atoms with Gasteiger partial charge >= 0.3 is 6.09 Å². The van der Waals surface area contributed by atoms with Crippen molar-refractivity contribution in [3.8, 4) is 0 Å². The Labute approximate surface area is 123 Å². The van der Waals surface area contributed by atoms with E-state index >= 15 is 0 Å². The molecule has 19 heavy (non-hydrogen) atoms. The number of ether oxygens (including phenoxy) is 1. The number of hydrogen-bond acceptors (Lipinski definition) is 3. The molecule has 0 aliphatic carbocycles. The summed E-state index contributed by atoms with van der Waals surface area (Å²) in [5.74, 6) is -0.579. The third-order valence-electron chi connectivity index (χ3n) is 2.73. The van der Waals surface area contributed by atoms with Crippen LogP contribution in [0.4, 0.5) is 14.9 Å². The van der Waals surface area contributed by atoms with Gasteiger partial charge in [-0.3, -0.25) is 9.69 Å². The van der Waals surface area contributed by atoms with E-state index in [2.05, 4.69) is 5.32 Å². The minimum Gasteiger partial charge on any atom is -0.447 e. The van der Waals surface area contributed by atoms with Crippen molar-refractivity contribution in [3.63, 3.8) is 0 Å². The first-order valence-corrected chi connectivity index (χ1v) is 6.72. The lowest BCUT2D eigenvalue weighted by atomic mass is 10.2. The molecular weight excluding hydrogens is 366 g/mol. The Kier molecular flexibility index (Phi) is 4.23. The standard InChI is InChI=1S/C12H12FIN2O3/c1-7(17)15-5-9-6-19-12(18)16(9)8-2-3-11(14)10(13)4-8/h2-4,9H,5-6H2,1H3,(H,15,17). The lowest BCUT2D eigenvalue weighted by Gasteiger charge is -2.21. The Hall–Kier alpha value is -1.38. The molecule has 1 aliphatic heterocycles. The molecule has 1 heterocycles. The van der Waals surface area contributed by atoms with Gasteiger partial charge in [-0.15, -0.1) is 0 Å². The van der Waals surface area contributed by atoms with Gasteiger partial charge in [0.15, 0.2) is 0 Å². The zero-order valence-electron chi connectivity index (χ0n) is 10.2. The minimum absolute atomic E-state index is 0.173. The molecule has 0 radical (unpaired) electrons. The van der Waals surface area contributed by atoms with E-state index in [0.717, 1.165) is 0 Å². The van der Waals surface area contributed by atoms with Gasteiger partial charge in [-0.1, -0.05) is 0 Å². The topological polar surface area (TPSA) is 58.6 Å². The van der Waals surface area contributed by atoms with Gasteiger partial charge in [0.25, 0.3) is 0 Å². The van der Waals surface area contributed by atoms with Crippen LogP contribution in [0.15, 0.2) is 18.2 Å². The smallest absolute Gasteiger partial charge is 0.414 e. The number of hydrogen-bond donors (Lipinski definition) is 1.